The van der Waals surface area contributed by atoms with E-state index in [1.54, 1.807) is 30.3 Å². The van der Waals surface area contributed by atoms with Crippen LogP contribution in [0.25, 0.3) is 0 Å². The second-order valence-corrected chi connectivity index (χ2v) is 10.5. The molecule has 0 saturated carbocycles. The first kappa shape index (κ1) is 25.1. The van der Waals surface area contributed by atoms with Crippen molar-refractivity contribution in [2.75, 3.05) is 18.0 Å². The minimum Gasteiger partial charge on any atom is -0.495 e. The Hall–Kier alpha value is -2.55. The van der Waals surface area contributed by atoms with E-state index in [0.717, 1.165) is 10.0 Å². The first-order valence-electron chi connectivity index (χ1n) is 10.0. The molecule has 0 atom stereocenters. The zero-order valence-corrected chi connectivity index (χ0v) is 21.4. The van der Waals surface area contributed by atoms with Gasteiger partial charge in [0.25, 0.3) is 15.9 Å². The molecule has 3 rings (SSSR count). The van der Waals surface area contributed by atoms with Crippen LogP contribution in [0.5, 0.6) is 11.5 Å². The molecule has 0 aliphatic carbocycles. The normalized spacial score (nSPS) is 11.3. The first-order valence-corrected chi connectivity index (χ1v) is 12.6. The third kappa shape index (κ3) is 5.69. The number of hydrogen-bond donors (Lipinski definition) is 0. The summed E-state index contributed by atoms with van der Waals surface area (Å²) in [5.74, 6) is 0.235. The second kappa shape index (κ2) is 10.6. The summed E-state index contributed by atoms with van der Waals surface area (Å²) >= 11 is 9.66. The van der Waals surface area contributed by atoms with E-state index >= 15 is 0 Å². The van der Waals surface area contributed by atoms with Crippen LogP contribution in [0.4, 0.5) is 5.69 Å². The van der Waals surface area contributed by atoms with E-state index in [1.807, 2.05) is 19.9 Å². The van der Waals surface area contributed by atoms with Crippen molar-refractivity contribution in [1.29, 1.82) is 0 Å². The smallest absolute Gasteiger partial charge is 0.278 e. The first-order chi connectivity index (χ1) is 15.6. The van der Waals surface area contributed by atoms with E-state index in [9.17, 15) is 13.2 Å². The molecule has 0 aliphatic heterocycles. The molecule has 1 amide bonds. The van der Waals surface area contributed by atoms with Gasteiger partial charge >= 0.3 is 0 Å². The van der Waals surface area contributed by atoms with Crippen LogP contribution in [0.2, 0.25) is 5.02 Å². The predicted octanol–water partition coefficient (Wildman–Crippen LogP) is 6.04. The third-order valence-corrected chi connectivity index (χ3v) is 7.37. The van der Waals surface area contributed by atoms with Gasteiger partial charge < -0.3 is 9.47 Å². The molecule has 0 aromatic heterocycles. The lowest BCUT2D eigenvalue weighted by atomic mass is 10.0. The van der Waals surface area contributed by atoms with E-state index in [0.29, 0.717) is 15.8 Å². The number of rotatable bonds is 8. The summed E-state index contributed by atoms with van der Waals surface area (Å²) in [5.41, 5.74) is 0.972. The Morgan fingerprint density at radius 3 is 2.30 bits per heavy atom. The van der Waals surface area contributed by atoms with E-state index in [-0.39, 0.29) is 21.5 Å². The molecular weight excluding hydrogens is 530 g/mol. The van der Waals surface area contributed by atoms with Crippen LogP contribution in [0.3, 0.4) is 0 Å². The van der Waals surface area contributed by atoms with Gasteiger partial charge in [-0.15, -0.1) is 0 Å². The molecule has 0 spiro atoms. The fourth-order valence-electron chi connectivity index (χ4n) is 3.20. The molecule has 33 heavy (non-hydrogen) atoms. The SMILES string of the molecule is COc1ccc(N(C(=O)COc2ccc(Br)cc2C(C)C)S(=O)(=O)c2ccccc2)cc1Cl. The zero-order chi connectivity index (χ0) is 24.2. The molecule has 0 heterocycles. The largest absolute Gasteiger partial charge is 0.495 e. The van der Waals surface area contributed by atoms with Crippen LogP contribution < -0.4 is 13.8 Å². The Morgan fingerprint density at radius 2 is 1.70 bits per heavy atom. The van der Waals surface area contributed by atoms with Crippen molar-refractivity contribution in [2.24, 2.45) is 0 Å². The summed E-state index contributed by atoms with van der Waals surface area (Å²) in [6.07, 6.45) is 0. The van der Waals surface area contributed by atoms with Crippen molar-refractivity contribution in [3.8, 4) is 11.5 Å². The van der Waals surface area contributed by atoms with Gasteiger partial charge in [-0.3, -0.25) is 4.79 Å². The molecule has 0 bridgehead atoms. The Bertz CT molecular complexity index is 1250. The minimum atomic E-state index is -4.23. The number of sulfonamides is 1. The van der Waals surface area contributed by atoms with E-state index < -0.39 is 22.5 Å². The number of carbonyl (C=O) groups excluding carboxylic acids is 1. The van der Waals surface area contributed by atoms with E-state index in [4.69, 9.17) is 21.1 Å². The number of anilines is 1. The second-order valence-electron chi connectivity index (χ2n) is 7.42. The number of halogens is 2. The fraction of sp³-hybridized carbons (Fsp3) is 0.208. The molecule has 6 nitrogen and oxygen atoms in total. The molecule has 0 N–H and O–H groups in total. The molecule has 0 unspecified atom stereocenters. The van der Waals surface area contributed by atoms with Gasteiger partial charge in [-0.1, -0.05) is 59.6 Å². The van der Waals surface area contributed by atoms with Crippen LogP contribution in [0.15, 0.2) is 76.1 Å². The Morgan fingerprint density at radius 1 is 1.03 bits per heavy atom. The summed E-state index contributed by atoms with van der Waals surface area (Å²) in [4.78, 5) is 13.3. The Labute approximate surface area is 207 Å². The molecule has 174 valence electrons. The number of carbonyl (C=O) groups is 1. The summed E-state index contributed by atoms with van der Waals surface area (Å²) in [6.45, 7) is 3.51. The molecule has 0 fully saturated rings. The highest BCUT2D eigenvalue weighted by atomic mass is 79.9. The zero-order valence-electron chi connectivity index (χ0n) is 18.3. The topological polar surface area (TPSA) is 72.9 Å². The lowest BCUT2D eigenvalue weighted by Gasteiger charge is -2.24. The van der Waals surface area contributed by atoms with Crippen molar-refractivity contribution >= 4 is 49.1 Å². The monoisotopic (exact) mass is 551 g/mol. The summed E-state index contributed by atoms with van der Waals surface area (Å²) < 4.78 is 39.4. The summed E-state index contributed by atoms with van der Waals surface area (Å²) in [5, 5.41) is 0.173. The predicted molar refractivity (Wildman–Crippen MR) is 133 cm³/mol. The highest BCUT2D eigenvalue weighted by Crippen LogP contribution is 2.33. The maximum Gasteiger partial charge on any atom is 0.278 e. The molecule has 0 radical (unpaired) electrons. The van der Waals surface area contributed by atoms with Gasteiger partial charge in [0.2, 0.25) is 0 Å². The van der Waals surface area contributed by atoms with Crippen LogP contribution in [-0.2, 0) is 14.8 Å². The van der Waals surface area contributed by atoms with Gasteiger partial charge in [0.1, 0.15) is 11.5 Å². The average molecular weight is 553 g/mol. The molecule has 3 aromatic carbocycles. The lowest BCUT2D eigenvalue weighted by Crippen LogP contribution is -2.40. The van der Waals surface area contributed by atoms with Gasteiger partial charge in [-0.2, -0.15) is 4.31 Å². The van der Waals surface area contributed by atoms with Crippen LogP contribution >= 0.6 is 27.5 Å². The number of ether oxygens (including phenoxy) is 2. The Kier molecular flexibility index (Phi) is 8.05. The van der Waals surface area contributed by atoms with Crippen molar-refractivity contribution in [3.05, 3.63) is 81.8 Å². The van der Waals surface area contributed by atoms with E-state index in [2.05, 4.69) is 15.9 Å². The number of nitrogens with zero attached hydrogens (tertiary/aromatic N) is 1. The maximum absolute atomic E-state index is 13.4. The Balaban J connectivity index is 2.00. The van der Waals surface area contributed by atoms with Crippen molar-refractivity contribution < 1.29 is 22.7 Å². The number of hydrogen-bond acceptors (Lipinski definition) is 5. The average Bonchev–Trinajstić information content (AvgIpc) is 2.79. The third-order valence-electron chi connectivity index (χ3n) is 4.82. The molecule has 0 saturated heterocycles. The standard InChI is InChI=1S/C24H23BrClNO5S/c1-16(2)20-13-17(25)9-11-22(20)32-15-24(28)27(18-10-12-23(31-3)21(26)14-18)33(29,30)19-7-5-4-6-8-19/h4-14,16H,15H2,1-3H3. The quantitative estimate of drug-likeness (QED) is 0.341. The summed E-state index contributed by atoms with van der Waals surface area (Å²) in [6, 6.07) is 17.5. The van der Waals surface area contributed by atoms with E-state index in [1.165, 1.54) is 37.4 Å². The van der Waals surface area contributed by atoms with Gasteiger partial charge in [0.05, 0.1) is 22.7 Å². The minimum absolute atomic E-state index is 0.0307. The van der Waals surface area contributed by atoms with Crippen LogP contribution in [0, 0.1) is 0 Å². The highest BCUT2D eigenvalue weighted by molar-refractivity contribution is 9.10. The lowest BCUT2D eigenvalue weighted by molar-refractivity contribution is -0.119. The number of methoxy groups -OCH3 is 1. The van der Waals surface area contributed by atoms with Crippen molar-refractivity contribution in [2.45, 2.75) is 24.7 Å². The maximum atomic E-state index is 13.4. The number of amides is 1. The van der Waals surface area contributed by atoms with Gasteiger partial charge in [0.15, 0.2) is 6.61 Å². The van der Waals surface area contributed by atoms with Gasteiger partial charge in [-0.25, -0.2) is 8.42 Å². The molecule has 9 heteroatoms. The van der Waals surface area contributed by atoms with Gasteiger partial charge in [0, 0.05) is 4.47 Å². The van der Waals surface area contributed by atoms with Crippen molar-refractivity contribution in [1.82, 2.24) is 0 Å². The molecular formula is C24H23BrClNO5S. The number of benzene rings is 3. The van der Waals surface area contributed by atoms with Crippen molar-refractivity contribution in [3.63, 3.8) is 0 Å². The highest BCUT2D eigenvalue weighted by Gasteiger charge is 2.32. The molecule has 3 aromatic rings. The van der Waals surface area contributed by atoms with Gasteiger partial charge in [-0.05, 0) is 60.0 Å². The fourth-order valence-corrected chi connectivity index (χ4v) is 5.25. The molecule has 0 aliphatic rings. The van der Waals surface area contributed by atoms with Crippen LogP contribution in [0.1, 0.15) is 25.3 Å². The van der Waals surface area contributed by atoms with Crippen LogP contribution in [-0.4, -0.2) is 28.0 Å². The summed E-state index contributed by atoms with van der Waals surface area (Å²) in [7, 11) is -2.78.